The average Bonchev–Trinajstić information content (AvgIpc) is 3.24. The van der Waals surface area contributed by atoms with Crippen LogP contribution < -0.4 is 0 Å². The van der Waals surface area contributed by atoms with E-state index in [1.165, 1.54) is 24.3 Å². The summed E-state index contributed by atoms with van der Waals surface area (Å²) in [6.45, 7) is 0. The van der Waals surface area contributed by atoms with Crippen molar-refractivity contribution < 1.29 is 13.3 Å². The quantitative estimate of drug-likeness (QED) is 0.397. The van der Waals surface area contributed by atoms with Crippen molar-refractivity contribution in [3.63, 3.8) is 0 Å². The van der Waals surface area contributed by atoms with Gasteiger partial charge in [0.15, 0.2) is 0 Å². The molecule has 0 heterocycles. The van der Waals surface area contributed by atoms with Gasteiger partial charge < -0.3 is 0 Å². The van der Waals surface area contributed by atoms with Crippen LogP contribution in [0, 0.1) is 22.0 Å². The summed E-state index contributed by atoms with van der Waals surface area (Å²) >= 11 is 3.40. The van der Waals surface area contributed by atoms with Crippen molar-refractivity contribution in [2.75, 3.05) is 0 Å². The van der Waals surface area contributed by atoms with E-state index >= 15 is 0 Å². The molecule has 0 radical (unpaired) electrons. The van der Waals surface area contributed by atoms with Crippen LogP contribution >= 0.6 is 15.9 Å². The van der Waals surface area contributed by atoms with Crippen LogP contribution in [-0.4, -0.2) is 13.3 Å². The molecule has 0 aliphatic heterocycles. The van der Waals surface area contributed by atoms with E-state index in [4.69, 9.17) is 0 Å². The van der Waals surface area contributed by atoms with Gasteiger partial charge >= 0.3 is 0 Å². The number of nitro benzene ring substituents is 1. The van der Waals surface area contributed by atoms with Crippen LogP contribution in [0.1, 0.15) is 12.0 Å². The molecule has 0 fully saturated rings. The summed E-state index contributed by atoms with van der Waals surface area (Å²) in [4.78, 5) is 10.8. The lowest BCUT2D eigenvalue weighted by atomic mass is 9.95. The molecule has 0 saturated carbocycles. The Balaban J connectivity index is 1.85. The van der Waals surface area contributed by atoms with Crippen molar-refractivity contribution in [3.05, 3.63) is 85.7 Å². The van der Waals surface area contributed by atoms with Gasteiger partial charge in [-0.25, -0.2) is 8.42 Å². The minimum atomic E-state index is -3.73. The van der Waals surface area contributed by atoms with E-state index in [0.29, 0.717) is 4.91 Å². The van der Waals surface area contributed by atoms with Gasteiger partial charge in [0, 0.05) is 28.4 Å². The van der Waals surface area contributed by atoms with Crippen LogP contribution in [0.15, 0.2) is 75.0 Å². The molecule has 0 saturated heterocycles. The van der Waals surface area contributed by atoms with Crippen molar-refractivity contribution in [1.82, 2.24) is 0 Å². The van der Waals surface area contributed by atoms with Gasteiger partial charge in [-0.05, 0) is 41.8 Å². The van der Waals surface area contributed by atoms with E-state index in [2.05, 4.69) is 22.0 Å². The number of nitrogens with zero attached hydrogens (tertiary/aromatic N) is 1. The second kappa shape index (κ2) is 6.17. The molecular formula is C19H14BrNO4S. The maximum absolute atomic E-state index is 13.3. The second-order valence-electron chi connectivity index (χ2n) is 6.37. The standard InChI is InChI=1S/C19H14BrNO4S/c20-15-5-3-12(4-6-15)18-13-1-2-14(11-13)19(18)26(24,25)17-9-7-16(8-10-17)21(22)23/h1-10,13-14H,11H2. The monoisotopic (exact) mass is 431 g/mol. The largest absolute Gasteiger partial charge is 0.269 e. The normalized spacial score (nSPS) is 21.4. The van der Waals surface area contributed by atoms with Gasteiger partial charge in [0.05, 0.1) is 14.7 Å². The van der Waals surface area contributed by atoms with E-state index in [1.54, 1.807) is 0 Å². The predicted octanol–water partition coefficient (Wildman–Crippen LogP) is 4.75. The molecule has 2 aromatic rings. The molecular weight excluding hydrogens is 418 g/mol. The van der Waals surface area contributed by atoms with Crippen LogP contribution in [0.3, 0.4) is 0 Å². The van der Waals surface area contributed by atoms with Crippen LogP contribution in [0.2, 0.25) is 0 Å². The number of nitro groups is 1. The Morgan fingerprint density at radius 2 is 1.58 bits per heavy atom. The molecule has 0 aromatic heterocycles. The lowest BCUT2D eigenvalue weighted by Crippen LogP contribution is -2.12. The van der Waals surface area contributed by atoms with Crippen LogP contribution in [-0.2, 0) is 9.84 Å². The fourth-order valence-corrected chi connectivity index (χ4v) is 5.84. The molecule has 26 heavy (non-hydrogen) atoms. The lowest BCUT2D eigenvalue weighted by Gasteiger charge is -2.17. The Hall–Kier alpha value is -2.25. The molecule has 4 rings (SSSR count). The number of non-ortho nitro benzene ring substituents is 1. The smallest absolute Gasteiger partial charge is 0.258 e. The fraction of sp³-hybridized carbons (Fsp3) is 0.158. The van der Waals surface area contributed by atoms with E-state index in [1.807, 2.05) is 30.3 Å². The molecule has 2 unspecified atom stereocenters. The molecule has 132 valence electrons. The van der Waals surface area contributed by atoms with E-state index < -0.39 is 14.8 Å². The highest BCUT2D eigenvalue weighted by molar-refractivity contribution is 9.10. The number of allylic oxidation sites excluding steroid dienone is 4. The molecule has 2 aliphatic carbocycles. The minimum absolute atomic E-state index is 0.0870. The maximum atomic E-state index is 13.3. The first-order valence-corrected chi connectivity index (χ1v) is 10.3. The fourth-order valence-electron chi connectivity index (χ4n) is 3.69. The van der Waals surface area contributed by atoms with Crippen molar-refractivity contribution in [1.29, 1.82) is 0 Å². The molecule has 5 nitrogen and oxygen atoms in total. The zero-order chi connectivity index (χ0) is 18.5. The Bertz CT molecular complexity index is 1050. The third-order valence-electron chi connectivity index (χ3n) is 4.86. The Morgan fingerprint density at radius 3 is 2.19 bits per heavy atom. The molecule has 0 N–H and O–H groups in total. The van der Waals surface area contributed by atoms with Crippen molar-refractivity contribution >= 4 is 37.0 Å². The van der Waals surface area contributed by atoms with E-state index in [0.717, 1.165) is 22.0 Å². The summed E-state index contributed by atoms with van der Waals surface area (Å²) in [5.41, 5.74) is 1.60. The number of fused-ring (bicyclic) bond motifs is 2. The number of rotatable bonds is 4. The third kappa shape index (κ3) is 2.71. The van der Waals surface area contributed by atoms with Crippen LogP contribution in [0.5, 0.6) is 0 Å². The molecule has 7 heteroatoms. The molecule has 2 aliphatic rings. The van der Waals surface area contributed by atoms with Gasteiger partial charge in [-0.2, -0.15) is 0 Å². The first-order chi connectivity index (χ1) is 12.4. The summed E-state index contributed by atoms with van der Waals surface area (Å²) in [5.74, 6) is -0.0529. The van der Waals surface area contributed by atoms with Gasteiger partial charge in [0.1, 0.15) is 0 Å². The predicted molar refractivity (Wildman–Crippen MR) is 102 cm³/mol. The summed E-state index contributed by atoms with van der Waals surface area (Å²) < 4.78 is 27.5. The first kappa shape index (κ1) is 17.2. The topological polar surface area (TPSA) is 77.3 Å². The van der Waals surface area contributed by atoms with Gasteiger partial charge in [0.25, 0.3) is 5.69 Å². The third-order valence-corrected chi connectivity index (χ3v) is 7.38. The highest BCUT2D eigenvalue weighted by atomic mass is 79.9. The zero-order valence-corrected chi connectivity index (χ0v) is 15.9. The zero-order valence-electron chi connectivity index (χ0n) is 13.5. The molecule has 2 bridgehead atoms. The first-order valence-electron chi connectivity index (χ1n) is 8.06. The number of benzene rings is 2. The van der Waals surface area contributed by atoms with Crippen molar-refractivity contribution in [2.24, 2.45) is 11.8 Å². The Labute approximate surface area is 159 Å². The van der Waals surface area contributed by atoms with Gasteiger partial charge in [0.2, 0.25) is 9.84 Å². The number of hydrogen-bond donors (Lipinski definition) is 0. The Morgan fingerprint density at radius 1 is 0.962 bits per heavy atom. The van der Waals surface area contributed by atoms with Crippen LogP contribution in [0.25, 0.3) is 5.57 Å². The highest BCUT2D eigenvalue weighted by Crippen LogP contribution is 2.51. The molecule has 0 amide bonds. The van der Waals surface area contributed by atoms with Crippen molar-refractivity contribution in [3.8, 4) is 0 Å². The highest BCUT2D eigenvalue weighted by Gasteiger charge is 2.42. The van der Waals surface area contributed by atoms with Crippen LogP contribution in [0.4, 0.5) is 5.69 Å². The summed E-state index contributed by atoms with van der Waals surface area (Å²) in [7, 11) is -3.73. The molecule has 2 aromatic carbocycles. The molecule has 0 spiro atoms. The number of sulfone groups is 1. The Kier molecular flexibility index (Phi) is 4.08. The maximum Gasteiger partial charge on any atom is 0.269 e. The average molecular weight is 432 g/mol. The number of halogens is 1. The van der Waals surface area contributed by atoms with E-state index in [-0.39, 0.29) is 22.4 Å². The minimum Gasteiger partial charge on any atom is -0.258 e. The SMILES string of the molecule is O=[N+]([O-])c1ccc(S(=O)(=O)C2=C(c3ccc(Br)cc3)C3C=CC2C3)cc1. The van der Waals surface area contributed by atoms with Gasteiger partial charge in [-0.1, -0.05) is 40.2 Å². The summed E-state index contributed by atoms with van der Waals surface area (Å²) in [6, 6.07) is 12.7. The number of hydrogen-bond acceptors (Lipinski definition) is 4. The summed E-state index contributed by atoms with van der Waals surface area (Å²) in [5, 5.41) is 10.8. The van der Waals surface area contributed by atoms with Gasteiger partial charge in [-0.3, -0.25) is 10.1 Å². The lowest BCUT2D eigenvalue weighted by molar-refractivity contribution is -0.384. The van der Waals surface area contributed by atoms with Crippen molar-refractivity contribution in [2.45, 2.75) is 11.3 Å². The molecule has 2 atom stereocenters. The van der Waals surface area contributed by atoms with Gasteiger partial charge in [-0.15, -0.1) is 0 Å². The summed E-state index contributed by atoms with van der Waals surface area (Å²) in [6.07, 6.45) is 4.77. The van der Waals surface area contributed by atoms with E-state index in [9.17, 15) is 18.5 Å². The second-order valence-corrected chi connectivity index (χ2v) is 9.21.